The van der Waals surface area contributed by atoms with E-state index in [1.165, 1.54) is 7.11 Å². The van der Waals surface area contributed by atoms with Gasteiger partial charge in [0.25, 0.3) is 0 Å². The fourth-order valence-electron chi connectivity index (χ4n) is 1.54. The number of halogens is 2. The lowest BCUT2D eigenvalue weighted by molar-refractivity contribution is 0.0699. The number of rotatable bonds is 3. The molecular weight excluding hydrogens is 340 g/mol. The Hall–Kier alpha value is -1.04. The Labute approximate surface area is 121 Å². The summed E-state index contributed by atoms with van der Waals surface area (Å²) in [5, 5.41) is 9.70. The van der Waals surface area contributed by atoms with E-state index in [4.69, 9.17) is 21.4 Å². The molecule has 0 saturated heterocycles. The molecule has 2 rings (SSSR count). The number of aromatic carboxylic acids is 1. The molecule has 0 aliphatic rings. The molecule has 0 saturated carbocycles. The number of ether oxygens (including phenoxy) is 1. The van der Waals surface area contributed by atoms with Crippen molar-refractivity contribution in [3.8, 4) is 16.2 Å². The molecule has 1 aromatic heterocycles. The van der Waals surface area contributed by atoms with E-state index in [1.54, 1.807) is 6.07 Å². The summed E-state index contributed by atoms with van der Waals surface area (Å²) in [5.41, 5.74) is 0.779. The first-order valence-corrected chi connectivity index (χ1v) is 6.89. The van der Waals surface area contributed by atoms with E-state index in [0.29, 0.717) is 15.2 Å². The molecule has 1 aromatic carbocycles. The number of hydrogen-bond acceptors (Lipinski definition) is 3. The van der Waals surface area contributed by atoms with Crippen LogP contribution in [0.5, 0.6) is 5.75 Å². The van der Waals surface area contributed by atoms with Crippen molar-refractivity contribution in [2.24, 2.45) is 0 Å². The number of benzene rings is 1. The second kappa shape index (κ2) is 5.30. The molecule has 3 nitrogen and oxygen atoms in total. The van der Waals surface area contributed by atoms with Gasteiger partial charge in [0.2, 0.25) is 0 Å². The standard InChI is InChI=1S/C12H8BrClO3S/c1-17-9-8(13)10(18-11(9)12(15)16)6-4-2-3-5-7(6)14/h2-5H,1H3,(H,15,16). The number of thiophene rings is 1. The van der Waals surface area contributed by atoms with Crippen LogP contribution in [0.3, 0.4) is 0 Å². The maximum atomic E-state index is 11.1. The third-order valence-corrected chi connectivity index (χ3v) is 4.87. The first kappa shape index (κ1) is 13.4. The fraction of sp³-hybridized carbons (Fsp3) is 0.0833. The van der Waals surface area contributed by atoms with Gasteiger partial charge >= 0.3 is 5.97 Å². The maximum Gasteiger partial charge on any atom is 0.349 e. The molecule has 0 bridgehead atoms. The molecule has 2 aromatic rings. The van der Waals surface area contributed by atoms with Gasteiger partial charge in [0, 0.05) is 10.6 Å². The van der Waals surface area contributed by atoms with E-state index < -0.39 is 5.97 Å². The quantitative estimate of drug-likeness (QED) is 0.887. The molecule has 0 amide bonds. The predicted molar refractivity (Wildman–Crippen MR) is 76.0 cm³/mol. The van der Waals surface area contributed by atoms with Crippen LogP contribution in [0.4, 0.5) is 0 Å². The van der Waals surface area contributed by atoms with Crippen molar-refractivity contribution in [3.63, 3.8) is 0 Å². The third-order valence-electron chi connectivity index (χ3n) is 2.33. The molecular formula is C12H8BrClO3S. The minimum Gasteiger partial charge on any atom is -0.494 e. The molecule has 0 fully saturated rings. The van der Waals surface area contributed by atoms with E-state index in [1.807, 2.05) is 18.2 Å². The van der Waals surface area contributed by atoms with Gasteiger partial charge in [-0.25, -0.2) is 4.79 Å². The molecule has 0 radical (unpaired) electrons. The molecule has 0 aliphatic heterocycles. The van der Waals surface area contributed by atoms with Gasteiger partial charge in [-0.2, -0.15) is 0 Å². The summed E-state index contributed by atoms with van der Waals surface area (Å²) in [7, 11) is 1.44. The number of carbonyl (C=O) groups is 1. The summed E-state index contributed by atoms with van der Waals surface area (Å²) in [6, 6.07) is 7.27. The van der Waals surface area contributed by atoms with Crippen molar-refractivity contribution < 1.29 is 14.6 Å². The van der Waals surface area contributed by atoms with Crippen molar-refractivity contribution in [1.29, 1.82) is 0 Å². The fourth-order valence-corrected chi connectivity index (χ4v) is 3.81. The normalized spacial score (nSPS) is 10.4. The highest BCUT2D eigenvalue weighted by atomic mass is 79.9. The lowest BCUT2D eigenvalue weighted by Gasteiger charge is -2.02. The summed E-state index contributed by atoms with van der Waals surface area (Å²) in [5.74, 6) is -0.696. The first-order valence-electron chi connectivity index (χ1n) is 4.90. The molecule has 6 heteroatoms. The van der Waals surface area contributed by atoms with Gasteiger partial charge in [0.15, 0.2) is 10.6 Å². The average molecular weight is 348 g/mol. The van der Waals surface area contributed by atoms with Crippen molar-refractivity contribution in [2.45, 2.75) is 0 Å². The Balaban J connectivity index is 2.67. The van der Waals surface area contributed by atoms with Crippen LogP contribution in [0, 0.1) is 0 Å². The average Bonchev–Trinajstić information content (AvgIpc) is 2.67. The zero-order chi connectivity index (χ0) is 13.3. The Bertz CT molecular complexity index is 609. The van der Waals surface area contributed by atoms with Crippen LogP contribution in [0.15, 0.2) is 28.7 Å². The molecule has 94 valence electrons. The maximum absolute atomic E-state index is 11.1. The Morgan fingerprint density at radius 1 is 1.44 bits per heavy atom. The van der Waals surface area contributed by atoms with Crippen LogP contribution >= 0.6 is 38.9 Å². The zero-order valence-corrected chi connectivity index (χ0v) is 12.4. The monoisotopic (exact) mass is 346 g/mol. The summed E-state index contributed by atoms with van der Waals surface area (Å²) in [4.78, 5) is 12.0. The highest BCUT2D eigenvalue weighted by molar-refractivity contribution is 9.10. The van der Waals surface area contributed by atoms with Gasteiger partial charge in [-0.3, -0.25) is 0 Å². The van der Waals surface area contributed by atoms with Gasteiger partial charge in [-0.05, 0) is 22.0 Å². The van der Waals surface area contributed by atoms with Crippen molar-refractivity contribution in [2.75, 3.05) is 7.11 Å². The number of carboxylic acid groups (broad SMARTS) is 1. The minimum absolute atomic E-state index is 0.152. The summed E-state index contributed by atoms with van der Waals surface area (Å²) >= 11 is 10.6. The van der Waals surface area contributed by atoms with Gasteiger partial charge in [0.05, 0.1) is 16.5 Å². The number of carboxylic acids is 1. The predicted octanol–water partition coefficient (Wildman–Crippen LogP) is 4.54. The van der Waals surface area contributed by atoms with Crippen LogP contribution in [-0.4, -0.2) is 18.2 Å². The zero-order valence-electron chi connectivity index (χ0n) is 9.24. The van der Waals surface area contributed by atoms with Crippen LogP contribution < -0.4 is 4.74 Å². The molecule has 1 N–H and O–H groups in total. The molecule has 0 unspecified atom stereocenters. The lowest BCUT2D eigenvalue weighted by Crippen LogP contribution is -1.95. The lowest BCUT2D eigenvalue weighted by atomic mass is 10.2. The highest BCUT2D eigenvalue weighted by Crippen LogP contribution is 2.46. The van der Waals surface area contributed by atoms with Crippen LogP contribution in [0.25, 0.3) is 10.4 Å². The van der Waals surface area contributed by atoms with E-state index in [9.17, 15) is 4.79 Å². The van der Waals surface area contributed by atoms with Gasteiger partial charge < -0.3 is 9.84 Å². The highest BCUT2D eigenvalue weighted by Gasteiger charge is 2.23. The minimum atomic E-state index is -1.02. The molecule has 0 spiro atoms. The second-order valence-corrected chi connectivity index (χ2v) is 5.61. The number of methoxy groups -OCH3 is 1. The van der Waals surface area contributed by atoms with E-state index in [-0.39, 0.29) is 4.88 Å². The van der Waals surface area contributed by atoms with Gasteiger partial charge in [0.1, 0.15) is 0 Å². The Morgan fingerprint density at radius 2 is 2.11 bits per heavy atom. The van der Waals surface area contributed by atoms with Crippen molar-refractivity contribution in [1.82, 2.24) is 0 Å². The Morgan fingerprint density at radius 3 is 2.61 bits per heavy atom. The topological polar surface area (TPSA) is 46.5 Å². The van der Waals surface area contributed by atoms with Gasteiger partial charge in [-0.15, -0.1) is 11.3 Å². The van der Waals surface area contributed by atoms with Crippen LogP contribution in [0.1, 0.15) is 9.67 Å². The van der Waals surface area contributed by atoms with Gasteiger partial charge in [-0.1, -0.05) is 29.8 Å². The smallest absolute Gasteiger partial charge is 0.349 e. The summed E-state index contributed by atoms with van der Waals surface area (Å²) in [6.45, 7) is 0. The molecule has 0 atom stereocenters. The second-order valence-electron chi connectivity index (χ2n) is 3.39. The van der Waals surface area contributed by atoms with E-state index in [0.717, 1.165) is 21.8 Å². The summed E-state index contributed by atoms with van der Waals surface area (Å²) in [6.07, 6.45) is 0. The van der Waals surface area contributed by atoms with E-state index in [2.05, 4.69) is 15.9 Å². The molecule has 0 aliphatic carbocycles. The van der Waals surface area contributed by atoms with Crippen LogP contribution in [0.2, 0.25) is 5.02 Å². The largest absolute Gasteiger partial charge is 0.494 e. The van der Waals surface area contributed by atoms with Crippen molar-refractivity contribution >= 4 is 44.8 Å². The SMILES string of the molecule is COc1c(C(=O)O)sc(-c2ccccc2Cl)c1Br. The number of hydrogen-bond donors (Lipinski definition) is 1. The Kier molecular flexibility index (Phi) is 3.94. The molecule has 18 heavy (non-hydrogen) atoms. The van der Waals surface area contributed by atoms with Crippen LogP contribution in [-0.2, 0) is 0 Å². The van der Waals surface area contributed by atoms with Crippen molar-refractivity contribution in [3.05, 3.63) is 38.6 Å². The van der Waals surface area contributed by atoms with E-state index >= 15 is 0 Å². The summed E-state index contributed by atoms with van der Waals surface area (Å²) < 4.78 is 5.73. The first-order chi connectivity index (χ1) is 8.56. The third kappa shape index (κ3) is 2.25. The molecule has 1 heterocycles.